The molecule has 4 aromatic rings. The van der Waals surface area contributed by atoms with E-state index in [9.17, 15) is 4.79 Å². The molecule has 0 aliphatic rings. The van der Waals surface area contributed by atoms with Crippen LogP contribution < -0.4 is 10.1 Å². The van der Waals surface area contributed by atoms with Gasteiger partial charge in [0, 0.05) is 16.6 Å². The molecule has 0 saturated heterocycles. The van der Waals surface area contributed by atoms with Gasteiger partial charge in [0.05, 0.1) is 19.3 Å². The summed E-state index contributed by atoms with van der Waals surface area (Å²) in [6, 6.07) is 19.5. The maximum Gasteiger partial charge on any atom is 0.228 e. The molecule has 1 aromatic heterocycles. The lowest BCUT2D eigenvalue weighted by molar-refractivity contribution is -0.115. The fourth-order valence-electron chi connectivity index (χ4n) is 3.18. The number of hydrogen-bond donors (Lipinski definition) is 1. The Morgan fingerprint density at radius 1 is 1.04 bits per heavy atom. The smallest absolute Gasteiger partial charge is 0.228 e. The third kappa shape index (κ3) is 3.14. The topological polar surface area (TPSA) is 51.5 Å². The van der Waals surface area contributed by atoms with Crippen LogP contribution in [0.4, 0.5) is 5.69 Å². The molecule has 1 N–H and O–H groups in total. The fraction of sp³-hybridized carbons (Fsp3) is 0.136. The van der Waals surface area contributed by atoms with E-state index in [1.54, 1.807) is 6.26 Å². The van der Waals surface area contributed by atoms with E-state index in [2.05, 4.69) is 17.4 Å². The molecule has 4 rings (SSSR count). The highest BCUT2D eigenvalue weighted by Crippen LogP contribution is 2.30. The SMILES string of the molecule is CCOc1ccc(NC(=O)Cc2coc3ccc4ccccc4c23)cc1. The minimum Gasteiger partial charge on any atom is -0.494 e. The summed E-state index contributed by atoms with van der Waals surface area (Å²) in [5.74, 6) is 0.711. The van der Waals surface area contributed by atoms with Crippen LogP contribution in [0.5, 0.6) is 5.75 Å². The minimum absolute atomic E-state index is 0.0789. The molecule has 0 atom stereocenters. The quantitative estimate of drug-likeness (QED) is 0.543. The fourth-order valence-corrected chi connectivity index (χ4v) is 3.18. The molecular formula is C22H19NO3. The van der Waals surface area contributed by atoms with Crippen molar-refractivity contribution in [3.8, 4) is 5.75 Å². The van der Waals surface area contributed by atoms with Crippen molar-refractivity contribution in [2.75, 3.05) is 11.9 Å². The van der Waals surface area contributed by atoms with E-state index >= 15 is 0 Å². The Morgan fingerprint density at radius 3 is 2.65 bits per heavy atom. The van der Waals surface area contributed by atoms with Crippen LogP contribution in [-0.4, -0.2) is 12.5 Å². The Morgan fingerprint density at radius 2 is 1.85 bits per heavy atom. The van der Waals surface area contributed by atoms with Crippen LogP contribution in [0.1, 0.15) is 12.5 Å². The summed E-state index contributed by atoms with van der Waals surface area (Å²) < 4.78 is 11.1. The number of carbonyl (C=O) groups excluding carboxylic acids is 1. The van der Waals surface area contributed by atoms with Gasteiger partial charge in [0.2, 0.25) is 5.91 Å². The van der Waals surface area contributed by atoms with Crippen molar-refractivity contribution in [2.24, 2.45) is 0 Å². The zero-order valence-corrected chi connectivity index (χ0v) is 14.5. The highest BCUT2D eigenvalue weighted by Gasteiger charge is 2.13. The molecule has 130 valence electrons. The summed E-state index contributed by atoms with van der Waals surface area (Å²) in [6.45, 7) is 2.56. The molecule has 0 aliphatic heterocycles. The molecule has 0 fully saturated rings. The second-order valence-corrected chi connectivity index (χ2v) is 6.10. The van der Waals surface area contributed by atoms with Gasteiger partial charge in [0.15, 0.2) is 0 Å². The molecule has 4 heteroatoms. The second-order valence-electron chi connectivity index (χ2n) is 6.10. The number of ether oxygens (including phenoxy) is 1. The number of benzene rings is 3. The molecule has 0 spiro atoms. The molecule has 0 aliphatic carbocycles. The van der Waals surface area contributed by atoms with Crippen molar-refractivity contribution in [3.05, 3.63) is 72.5 Å². The maximum atomic E-state index is 12.5. The summed E-state index contributed by atoms with van der Waals surface area (Å²) in [4.78, 5) is 12.5. The number of rotatable bonds is 5. The largest absolute Gasteiger partial charge is 0.494 e. The molecule has 0 saturated carbocycles. The van der Waals surface area contributed by atoms with Gasteiger partial charge < -0.3 is 14.5 Å². The van der Waals surface area contributed by atoms with Crippen molar-refractivity contribution in [3.63, 3.8) is 0 Å². The predicted octanol–water partition coefficient (Wildman–Crippen LogP) is 5.17. The van der Waals surface area contributed by atoms with Crippen LogP contribution in [0, 0.1) is 0 Å². The van der Waals surface area contributed by atoms with E-state index in [4.69, 9.17) is 9.15 Å². The van der Waals surface area contributed by atoms with Crippen molar-refractivity contribution in [1.29, 1.82) is 0 Å². The standard InChI is InChI=1S/C22H19NO3/c1-2-25-18-10-8-17(9-11-18)23-21(24)13-16-14-26-20-12-7-15-5-3-4-6-19(15)22(16)20/h3-12,14H,2,13H2,1H3,(H,23,24). The third-order valence-corrected chi connectivity index (χ3v) is 4.34. The van der Waals surface area contributed by atoms with Crippen molar-refractivity contribution >= 4 is 33.3 Å². The second kappa shape index (κ2) is 6.92. The molecule has 3 aromatic carbocycles. The Balaban J connectivity index is 1.57. The molecule has 0 bridgehead atoms. The average molecular weight is 345 g/mol. The Bertz CT molecular complexity index is 1060. The Hall–Kier alpha value is -3.27. The number of nitrogens with one attached hydrogen (secondary N) is 1. The first-order chi connectivity index (χ1) is 12.7. The first kappa shape index (κ1) is 16.2. The zero-order chi connectivity index (χ0) is 17.9. The van der Waals surface area contributed by atoms with E-state index in [-0.39, 0.29) is 12.3 Å². The van der Waals surface area contributed by atoms with E-state index in [1.165, 1.54) is 0 Å². The van der Waals surface area contributed by atoms with Gasteiger partial charge in [-0.25, -0.2) is 0 Å². The van der Waals surface area contributed by atoms with Gasteiger partial charge in [0.25, 0.3) is 0 Å². The Kier molecular flexibility index (Phi) is 4.32. The number of fused-ring (bicyclic) bond motifs is 3. The lowest BCUT2D eigenvalue weighted by atomic mass is 10.0. The summed E-state index contributed by atoms with van der Waals surface area (Å²) in [6.07, 6.45) is 1.93. The average Bonchev–Trinajstić information content (AvgIpc) is 3.07. The zero-order valence-electron chi connectivity index (χ0n) is 14.5. The number of anilines is 1. The molecule has 0 radical (unpaired) electrons. The molecule has 1 amide bonds. The maximum absolute atomic E-state index is 12.5. The van der Waals surface area contributed by atoms with E-state index in [0.717, 1.165) is 38.7 Å². The van der Waals surface area contributed by atoms with Crippen LogP contribution >= 0.6 is 0 Å². The van der Waals surface area contributed by atoms with Crippen molar-refractivity contribution < 1.29 is 13.9 Å². The van der Waals surface area contributed by atoms with E-state index in [1.807, 2.05) is 55.5 Å². The van der Waals surface area contributed by atoms with Crippen LogP contribution in [-0.2, 0) is 11.2 Å². The predicted molar refractivity (Wildman–Crippen MR) is 104 cm³/mol. The minimum atomic E-state index is -0.0789. The van der Waals surface area contributed by atoms with Crippen LogP contribution in [0.15, 0.2) is 71.3 Å². The van der Waals surface area contributed by atoms with Gasteiger partial charge in [0.1, 0.15) is 11.3 Å². The van der Waals surface area contributed by atoms with Gasteiger partial charge in [-0.05, 0) is 48.0 Å². The third-order valence-electron chi connectivity index (χ3n) is 4.34. The highest BCUT2D eigenvalue weighted by molar-refractivity contribution is 6.09. The highest BCUT2D eigenvalue weighted by atomic mass is 16.5. The summed E-state index contributed by atoms with van der Waals surface area (Å²) in [7, 11) is 0. The lowest BCUT2D eigenvalue weighted by Crippen LogP contribution is -2.14. The van der Waals surface area contributed by atoms with Gasteiger partial charge in [-0.2, -0.15) is 0 Å². The molecular weight excluding hydrogens is 326 g/mol. The number of amides is 1. The number of hydrogen-bond acceptors (Lipinski definition) is 3. The van der Waals surface area contributed by atoms with Gasteiger partial charge in [-0.15, -0.1) is 0 Å². The number of furan rings is 1. The first-order valence-corrected chi connectivity index (χ1v) is 8.65. The molecule has 4 nitrogen and oxygen atoms in total. The normalized spacial score (nSPS) is 11.0. The summed E-state index contributed by atoms with van der Waals surface area (Å²) >= 11 is 0. The van der Waals surface area contributed by atoms with E-state index in [0.29, 0.717) is 6.61 Å². The molecule has 26 heavy (non-hydrogen) atoms. The number of carbonyl (C=O) groups is 1. The summed E-state index contributed by atoms with van der Waals surface area (Å²) in [5, 5.41) is 6.16. The van der Waals surface area contributed by atoms with Crippen molar-refractivity contribution in [2.45, 2.75) is 13.3 Å². The van der Waals surface area contributed by atoms with Gasteiger partial charge in [-0.3, -0.25) is 4.79 Å². The monoisotopic (exact) mass is 345 g/mol. The lowest BCUT2D eigenvalue weighted by Gasteiger charge is -2.07. The first-order valence-electron chi connectivity index (χ1n) is 8.65. The molecule has 1 heterocycles. The molecule has 0 unspecified atom stereocenters. The van der Waals surface area contributed by atoms with Gasteiger partial charge in [-0.1, -0.05) is 30.3 Å². The van der Waals surface area contributed by atoms with Crippen LogP contribution in [0.3, 0.4) is 0 Å². The summed E-state index contributed by atoms with van der Waals surface area (Å²) in [5.41, 5.74) is 2.43. The van der Waals surface area contributed by atoms with Crippen LogP contribution in [0.2, 0.25) is 0 Å². The van der Waals surface area contributed by atoms with Gasteiger partial charge >= 0.3 is 0 Å². The Labute approximate surface area is 151 Å². The van der Waals surface area contributed by atoms with Crippen LogP contribution in [0.25, 0.3) is 21.7 Å². The van der Waals surface area contributed by atoms with Crippen molar-refractivity contribution in [1.82, 2.24) is 0 Å². The van der Waals surface area contributed by atoms with E-state index < -0.39 is 0 Å².